The lowest BCUT2D eigenvalue weighted by Crippen LogP contribution is -2.33. The van der Waals surface area contributed by atoms with Crippen LogP contribution in [0.2, 0.25) is 0 Å². The molecule has 1 aromatic rings. The van der Waals surface area contributed by atoms with E-state index >= 15 is 0 Å². The van der Waals surface area contributed by atoms with Crippen LogP contribution in [0.4, 0.5) is 0 Å². The highest BCUT2D eigenvalue weighted by atomic mass is 16.5. The van der Waals surface area contributed by atoms with Gasteiger partial charge in [0, 0.05) is 11.8 Å². The van der Waals surface area contributed by atoms with Crippen molar-refractivity contribution in [3.63, 3.8) is 0 Å². The van der Waals surface area contributed by atoms with Crippen LogP contribution in [0.5, 0.6) is 0 Å². The first-order valence-corrected chi connectivity index (χ1v) is 9.66. The van der Waals surface area contributed by atoms with Crippen LogP contribution < -0.4 is 0 Å². The Bertz CT molecular complexity index is 893. The van der Waals surface area contributed by atoms with Gasteiger partial charge in [-0.15, -0.1) is 0 Å². The van der Waals surface area contributed by atoms with Gasteiger partial charge in [0.25, 0.3) is 0 Å². The number of carbonyl (C=O) groups is 1. The maximum atomic E-state index is 11.6. The molecule has 4 heteroatoms. The van der Waals surface area contributed by atoms with Gasteiger partial charge in [-0.3, -0.25) is 0 Å². The number of ether oxygens (including phenoxy) is 1. The SMILES string of the molecule is C=NC(C#Cc1ccc2c(c1)C(C)(C)CCC2(C)C)=N/C=C(\C)C(=O)OCC. The van der Waals surface area contributed by atoms with Crippen LogP contribution in [0.1, 0.15) is 71.1 Å². The average Bonchev–Trinajstić information content (AvgIpc) is 2.65. The van der Waals surface area contributed by atoms with E-state index in [1.165, 1.54) is 23.7 Å². The topological polar surface area (TPSA) is 51.0 Å². The minimum Gasteiger partial charge on any atom is -0.463 e. The molecule has 0 unspecified atom stereocenters. The summed E-state index contributed by atoms with van der Waals surface area (Å²) in [4.78, 5) is 19.6. The Morgan fingerprint density at radius 1 is 1.21 bits per heavy atom. The predicted molar refractivity (Wildman–Crippen MR) is 116 cm³/mol. The third kappa shape index (κ3) is 4.98. The van der Waals surface area contributed by atoms with Gasteiger partial charge in [0.2, 0.25) is 5.84 Å². The standard InChI is InChI=1S/C24H30N2O2/c1-8-28-22(27)17(2)16-26-21(25-7)12-10-18-9-11-19-20(15-18)24(5,6)14-13-23(19,3)4/h9,11,15-16H,7-8,13-14H2,1-6H3/b17-16+,26-21?. The Morgan fingerprint density at radius 2 is 1.86 bits per heavy atom. The quantitative estimate of drug-likeness (QED) is 0.246. The van der Waals surface area contributed by atoms with Gasteiger partial charge < -0.3 is 4.74 Å². The van der Waals surface area contributed by atoms with Crippen molar-refractivity contribution in [2.75, 3.05) is 6.61 Å². The van der Waals surface area contributed by atoms with E-state index in [4.69, 9.17) is 4.74 Å². The predicted octanol–water partition coefficient (Wildman–Crippen LogP) is 4.95. The lowest BCUT2D eigenvalue weighted by molar-refractivity contribution is -0.138. The summed E-state index contributed by atoms with van der Waals surface area (Å²) >= 11 is 0. The number of rotatable bonds is 3. The zero-order chi connectivity index (χ0) is 20.9. The number of amidine groups is 1. The highest BCUT2D eigenvalue weighted by Crippen LogP contribution is 2.45. The maximum Gasteiger partial charge on any atom is 0.335 e. The number of aliphatic imine (C=N–C) groups is 2. The molecule has 0 aliphatic heterocycles. The summed E-state index contributed by atoms with van der Waals surface area (Å²) in [5.41, 5.74) is 4.39. The second kappa shape index (κ2) is 8.56. The second-order valence-corrected chi connectivity index (χ2v) is 8.42. The zero-order valence-electron chi connectivity index (χ0n) is 17.8. The smallest absolute Gasteiger partial charge is 0.335 e. The molecule has 2 rings (SSSR count). The Kier molecular flexibility index (Phi) is 6.61. The van der Waals surface area contributed by atoms with Gasteiger partial charge in [-0.25, -0.2) is 14.8 Å². The highest BCUT2D eigenvalue weighted by molar-refractivity contribution is 6.02. The van der Waals surface area contributed by atoms with Gasteiger partial charge in [-0.2, -0.15) is 0 Å². The average molecular weight is 379 g/mol. The summed E-state index contributed by atoms with van der Waals surface area (Å²) in [6, 6.07) is 6.43. The van der Waals surface area contributed by atoms with Crippen LogP contribution in [0.3, 0.4) is 0 Å². The fourth-order valence-electron chi connectivity index (χ4n) is 3.36. The number of nitrogens with zero attached hydrogens (tertiary/aromatic N) is 2. The van der Waals surface area contributed by atoms with Gasteiger partial charge in [0.1, 0.15) is 0 Å². The van der Waals surface area contributed by atoms with Crippen molar-refractivity contribution in [2.45, 2.75) is 65.2 Å². The van der Waals surface area contributed by atoms with Gasteiger partial charge in [-0.05, 0) is 73.4 Å². The van der Waals surface area contributed by atoms with E-state index in [1.807, 2.05) is 0 Å². The van der Waals surface area contributed by atoms with Crippen molar-refractivity contribution in [3.8, 4) is 11.8 Å². The molecule has 0 amide bonds. The first-order valence-electron chi connectivity index (χ1n) is 9.66. The Hall–Kier alpha value is -2.67. The molecule has 0 fully saturated rings. The van der Waals surface area contributed by atoms with E-state index in [1.54, 1.807) is 13.8 Å². The van der Waals surface area contributed by atoms with Crippen LogP contribution in [0, 0.1) is 11.8 Å². The van der Waals surface area contributed by atoms with Crippen molar-refractivity contribution in [1.82, 2.24) is 0 Å². The molecule has 0 bridgehead atoms. The van der Waals surface area contributed by atoms with Crippen molar-refractivity contribution in [2.24, 2.45) is 9.98 Å². The fourth-order valence-corrected chi connectivity index (χ4v) is 3.36. The molecule has 0 N–H and O–H groups in total. The largest absolute Gasteiger partial charge is 0.463 e. The summed E-state index contributed by atoms with van der Waals surface area (Å²) in [6.07, 6.45) is 3.75. The number of hydrogen-bond donors (Lipinski definition) is 0. The molecule has 0 radical (unpaired) electrons. The molecule has 4 nitrogen and oxygen atoms in total. The summed E-state index contributed by atoms with van der Waals surface area (Å²) in [5.74, 6) is 5.93. The highest BCUT2D eigenvalue weighted by Gasteiger charge is 2.36. The minimum absolute atomic E-state index is 0.135. The van der Waals surface area contributed by atoms with Crippen molar-refractivity contribution < 1.29 is 9.53 Å². The first kappa shape index (κ1) is 21.6. The molecule has 0 atom stereocenters. The van der Waals surface area contributed by atoms with Crippen LogP contribution in [0.25, 0.3) is 0 Å². The molecule has 0 saturated carbocycles. The van der Waals surface area contributed by atoms with E-state index in [2.05, 4.69) is 74.4 Å². The Labute approximate surface area is 168 Å². The third-order valence-electron chi connectivity index (χ3n) is 5.30. The van der Waals surface area contributed by atoms with E-state index in [9.17, 15) is 4.79 Å². The first-order chi connectivity index (χ1) is 13.1. The van der Waals surface area contributed by atoms with Crippen molar-refractivity contribution in [3.05, 3.63) is 46.7 Å². The number of fused-ring (bicyclic) bond motifs is 1. The lowest BCUT2D eigenvalue weighted by Gasteiger charge is -2.41. The molecule has 0 spiro atoms. The van der Waals surface area contributed by atoms with E-state index < -0.39 is 5.97 Å². The number of hydrogen-bond acceptors (Lipinski definition) is 3. The normalized spacial score (nSPS) is 17.8. The summed E-state index contributed by atoms with van der Waals surface area (Å²) in [5, 5.41) is 0. The van der Waals surface area contributed by atoms with E-state index in [-0.39, 0.29) is 16.7 Å². The molecule has 148 valence electrons. The molecule has 0 heterocycles. The van der Waals surface area contributed by atoms with Crippen LogP contribution in [-0.2, 0) is 20.4 Å². The van der Waals surface area contributed by atoms with Crippen LogP contribution >= 0.6 is 0 Å². The monoisotopic (exact) mass is 378 g/mol. The van der Waals surface area contributed by atoms with E-state index in [0.717, 1.165) is 12.0 Å². The molecule has 1 aliphatic rings. The summed E-state index contributed by atoms with van der Waals surface area (Å²) in [7, 11) is 0. The van der Waals surface area contributed by atoms with Crippen LogP contribution in [0.15, 0.2) is 40.0 Å². The van der Waals surface area contributed by atoms with Gasteiger partial charge in [0.05, 0.1) is 12.2 Å². The Balaban J connectivity index is 2.33. The maximum absolute atomic E-state index is 11.6. The molecule has 28 heavy (non-hydrogen) atoms. The van der Waals surface area contributed by atoms with Crippen molar-refractivity contribution in [1.29, 1.82) is 0 Å². The van der Waals surface area contributed by atoms with Gasteiger partial charge in [-0.1, -0.05) is 39.7 Å². The van der Waals surface area contributed by atoms with Crippen LogP contribution in [-0.4, -0.2) is 25.1 Å². The third-order valence-corrected chi connectivity index (χ3v) is 5.30. The van der Waals surface area contributed by atoms with Crippen molar-refractivity contribution >= 4 is 18.5 Å². The zero-order valence-corrected chi connectivity index (χ0v) is 17.8. The number of esters is 1. The second-order valence-electron chi connectivity index (χ2n) is 8.42. The number of carbonyl (C=O) groups excluding carboxylic acids is 1. The fraction of sp³-hybridized carbons (Fsp3) is 0.458. The molecular formula is C24H30N2O2. The minimum atomic E-state index is -0.401. The van der Waals surface area contributed by atoms with E-state index in [0.29, 0.717) is 12.2 Å². The van der Waals surface area contributed by atoms with Gasteiger partial charge in [0.15, 0.2) is 0 Å². The summed E-state index contributed by atoms with van der Waals surface area (Å²) < 4.78 is 4.93. The summed E-state index contributed by atoms with van der Waals surface area (Å²) in [6.45, 7) is 16.4. The molecule has 0 aromatic heterocycles. The lowest BCUT2D eigenvalue weighted by atomic mass is 9.63. The number of benzene rings is 1. The molecule has 1 aromatic carbocycles. The molecule has 1 aliphatic carbocycles. The Morgan fingerprint density at radius 3 is 2.46 bits per heavy atom. The molecular weight excluding hydrogens is 348 g/mol. The van der Waals surface area contributed by atoms with Gasteiger partial charge >= 0.3 is 5.97 Å². The molecule has 0 saturated heterocycles.